The van der Waals surface area contributed by atoms with E-state index in [0.717, 1.165) is 0 Å². The van der Waals surface area contributed by atoms with Crippen LogP contribution < -0.4 is 0 Å². The number of rotatable bonds is 3. The van der Waals surface area contributed by atoms with Crippen LogP contribution in [0.1, 0.15) is 41.5 Å². The van der Waals surface area contributed by atoms with Crippen molar-refractivity contribution in [3.63, 3.8) is 0 Å². The van der Waals surface area contributed by atoms with Crippen LogP contribution in [0.15, 0.2) is 0 Å². The molecule has 0 aromatic rings. The zero-order valence-electron chi connectivity index (χ0n) is 12.5. The monoisotopic (exact) mass is 272 g/mol. The molecule has 110 valence electrons. The fourth-order valence-electron chi connectivity index (χ4n) is 1.98. The third-order valence-corrected chi connectivity index (χ3v) is 2.74. The number of hydrogen-bond donors (Lipinski definition) is 1. The number of esters is 2. The summed E-state index contributed by atoms with van der Waals surface area (Å²) in [5, 5.41) is 9.23. The van der Waals surface area contributed by atoms with E-state index < -0.39 is 35.0 Å². The van der Waals surface area contributed by atoms with Crippen molar-refractivity contribution < 1.29 is 24.2 Å². The Morgan fingerprint density at radius 1 is 0.895 bits per heavy atom. The van der Waals surface area contributed by atoms with Gasteiger partial charge in [0.1, 0.15) is 11.2 Å². The van der Waals surface area contributed by atoms with Crippen molar-refractivity contribution >= 4 is 11.9 Å². The topological polar surface area (TPSA) is 72.8 Å². The van der Waals surface area contributed by atoms with Crippen molar-refractivity contribution in [2.45, 2.75) is 52.7 Å². The molecule has 19 heavy (non-hydrogen) atoms. The molecule has 0 aromatic heterocycles. The fourth-order valence-corrected chi connectivity index (χ4v) is 1.98. The molecule has 2 atom stereocenters. The Balaban J connectivity index is 2.66. The van der Waals surface area contributed by atoms with E-state index in [4.69, 9.17) is 9.47 Å². The van der Waals surface area contributed by atoms with Gasteiger partial charge in [-0.15, -0.1) is 0 Å². The Morgan fingerprint density at radius 2 is 1.21 bits per heavy atom. The van der Waals surface area contributed by atoms with Gasteiger partial charge in [-0.3, -0.25) is 9.59 Å². The summed E-state index contributed by atoms with van der Waals surface area (Å²) in [6.07, 6.45) is 0. The van der Waals surface area contributed by atoms with Crippen LogP contribution in [0.5, 0.6) is 0 Å². The molecule has 1 aliphatic carbocycles. The summed E-state index contributed by atoms with van der Waals surface area (Å²) < 4.78 is 10.5. The lowest BCUT2D eigenvalue weighted by atomic mass is 10.2. The first-order valence-electron chi connectivity index (χ1n) is 6.53. The molecule has 1 aliphatic rings. The Labute approximate surface area is 114 Å². The van der Waals surface area contributed by atoms with Gasteiger partial charge in [-0.25, -0.2) is 0 Å². The molecular weight excluding hydrogens is 248 g/mol. The van der Waals surface area contributed by atoms with Crippen LogP contribution in [0, 0.1) is 17.8 Å². The van der Waals surface area contributed by atoms with Crippen molar-refractivity contribution in [1.82, 2.24) is 0 Å². The van der Waals surface area contributed by atoms with Gasteiger partial charge in [0.25, 0.3) is 0 Å². The molecule has 0 radical (unpaired) electrons. The highest BCUT2D eigenvalue weighted by molar-refractivity contribution is 5.88. The summed E-state index contributed by atoms with van der Waals surface area (Å²) in [7, 11) is 0. The van der Waals surface area contributed by atoms with Gasteiger partial charge in [-0.2, -0.15) is 0 Å². The molecule has 0 saturated heterocycles. The number of aliphatic hydroxyl groups is 1. The van der Waals surface area contributed by atoms with Crippen LogP contribution in [-0.2, 0) is 19.1 Å². The summed E-state index contributed by atoms with van der Waals surface area (Å²) in [5.41, 5.74) is -1.20. The minimum Gasteiger partial charge on any atom is -0.460 e. The SMILES string of the molecule is CC(C)(C)OC(=O)[C@@H]1C(CO)[C@H]1C(=O)OC(C)(C)C. The van der Waals surface area contributed by atoms with Gasteiger partial charge in [0.15, 0.2) is 0 Å². The van der Waals surface area contributed by atoms with E-state index >= 15 is 0 Å². The smallest absolute Gasteiger partial charge is 0.310 e. The Hall–Kier alpha value is -1.10. The third kappa shape index (κ3) is 4.49. The number of hydrogen-bond acceptors (Lipinski definition) is 5. The van der Waals surface area contributed by atoms with Crippen molar-refractivity contribution in [2.24, 2.45) is 17.8 Å². The van der Waals surface area contributed by atoms with Gasteiger partial charge in [-0.1, -0.05) is 0 Å². The lowest BCUT2D eigenvalue weighted by Crippen LogP contribution is -2.28. The maximum absolute atomic E-state index is 11.9. The first kappa shape index (κ1) is 16.0. The first-order chi connectivity index (χ1) is 8.46. The zero-order valence-corrected chi connectivity index (χ0v) is 12.5. The molecule has 0 heterocycles. The van der Waals surface area contributed by atoms with Gasteiger partial charge in [-0.05, 0) is 41.5 Å². The molecule has 1 rings (SSSR count). The normalized spacial score (nSPS) is 26.8. The molecule has 5 nitrogen and oxygen atoms in total. The van der Waals surface area contributed by atoms with Crippen LogP contribution in [-0.4, -0.2) is 34.9 Å². The fraction of sp³-hybridized carbons (Fsp3) is 0.857. The van der Waals surface area contributed by atoms with E-state index in [1.54, 1.807) is 41.5 Å². The van der Waals surface area contributed by atoms with E-state index in [1.165, 1.54) is 0 Å². The maximum Gasteiger partial charge on any atom is 0.310 e. The summed E-state index contributed by atoms with van der Waals surface area (Å²) in [5.74, 6) is -2.44. The molecule has 1 saturated carbocycles. The largest absolute Gasteiger partial charge is 0.460 e. The molecule has 0 bridgehead atoms. The lowest BCUT2D eigenvalue weighted by molar-refractivity contribution is -0.163. The second-order valence-corrected chi connectivity index (χ2v) is 6.96. The molecule has 0 unspecified atom stereocenters. The second-order valence-electron chi connectivity index (χ2n) is 6.96. The highest BCUT2D eigenvalue weighted by atomic mass is 16.6. The highest BCUT2D eigenvalue weighted by Crippen LogP contribution is 2.48. The van der Waals surface area contributed by atoms with E-state index in [1.807, 2.05) is 0 Å². The molecule has 0 amide bonds. The van der Waals surface area contributed by atoms with Gasteiger partial charge in [0.05, 0.1) is 11.8 Å². The van der Waals surface area contributed by atoms with E-state index in [9.17, 15) is 14.7 Å². The third-order valence-electron chi connectivity index (χ3n) is 2.74. The zero-order chi connectivity index (χ0) is 15.0. The predicted octanol–water partition coefficient (Wildman–Crippen LogP) is 1.52. The first-order valence-corrected chi connectivity index (χ1v) is 6.53. The maximum atomic E-state index is 11.9. The summed E-state index contributed by atoms with van der Waals surface area (Å²) in [6.45, 7) is 10.4. The highest BCUT2D eigenvalue weighted by Gasteiger charge is 2.61. The lowest BCUT2D eigenvalue weighted by Gasteiger charge is -2.20. The van der Waals surface area contributed by atoms with E-state index in [-0.39, 0.29) is 12.5 Å². The molecule has 0 aliphatic heterocycles. The van der Waals surface area contributed by atoms with Crippen molar-refractivity contribution in [3.05, 3.63) is 0 Å². The minimum atomic E-state index is -0.599. The molecule has 0 aromatic carbocycles. The average molecular weight is 272 g/mol. The van der Waals surface area contributed by atoms with Crippen LogP contribution in [0.3, 0.4) is 0 Å². The molecule has 1 fully saturated rings. The molecule has 1 N–H and O–H groups in total. The van der Waals surface area contributed by atoms with Crippen LogP contribution >= 0.6 is 0 Å². The quantitative estimate of drug-likeness (QED) is 0.789. The van der Waals surface area contributed by atoms with Gasteiger partial charge >= 0.3 is 11.9 Å². The summed E-state index contributed by atoms with van der Waals surface area (Å²) in [6, 6.07) is 0. The summed E-state index contributed by atoms with van der Waals surface area (Å²) >= 11 is 0. The van der Waals surface area contributed by atoms with E-state index in [0.29, 0.717) is 0 Å². The Kier molecular flexibility index (Phi) is 4.30. The number of carbonyl (C=O) groups excluding carboxylic acids is 2. The standard InChI is InChI=1S/C14H24O5/c1-13(2,3)18-11(16)9-8(7-15)10(9)12(17)19-14(4,5)6/h8-10,15H,7H2,1-6H3/t9-,10-/m1/s1. The Morgan fingerprint density at radius 3 is 1.42 bits per heavy atom. The number of carbonyl (C=O) groups is 2. The van der Waals surface area contributed by atoms with Crippen LogP contribution in [0.2, 0.25) is 0 Å². The Bertz CT molecular complexity index is 327. The van der Waals surface area contributed by atoms with Crippen LogP contribution in [0.25, 0.3) is 0 Å². The van der Waals surface area contributed by atoms with E-state index in [2.05, 4.69) is 0 Å². The summed E-state index contributed by atoms with van der Waals surface area (Å²) in [4.78, 5) is 23.9. The van der Waals surface area contributed by atoms with Crippen molar-refractivity contribution in [3.8, 4) is 0 Å². The van der Waals surface area contributed by atoms with Gasteiger partial charge < -0.3 is 14.6 Å². The second kappa shape index (κ2) is 5.12. The van der Waals surface area contributed by atoms with Crippen LogP contribution in [0.4, 0.5) is 0 Å². The van der Waals surface area contributed by atoms with Gasteiger partial charge in [0.2, 0.25) is 0 Å². The molecule has 0 spiro atoms. The molecule has 5 heteroatoms. The van der Waals surface area contributed by atoms with Crippen molar-refractivity contribution in [2.75, 3.05) is 6.61 Å². The van der Waals surface area contributed by atoms with Crippen molar-refractivity contribution in [1.29, 1.82) is 0 Å². The molecular formula is C14H24O5. The predicted molar refractivity (Wildman–Crippen MR) is 69.2 cm³/mol. The minimum absolute atomic E-state index is 0.214. The number of aliphatic hydroxyl groups excluding tert-OH is 1. The average Bonchev–Trinajstić information content (AvgIpc) is 2.85. The van der Waals surface area contributed by atoms with Gasteiger partial charge in [0, 0.05) is 12.5 Å². The number of ether oxygens (including phenoxy) is 2.